The SMILES string of the molecule is O=S([O-])NC(CB(O)O)c1ccccc1. The van der Waals surface area contributed by atoms with Crippen LogP contribution in [0, 0.1) is 0 Å². The molecule has 0 fully saturated rings. The van der Waals surface area contributed by atoms with Crippen LogP contribution in [0.1, 0.15) is 11.6 Å². The Morgan fingerprint density at radius 3 is 2.47 bits per heavy atom. The summed E-state index contributed by atoms with van der Waals surface area (Å²) in [5, 5.41) is 17.6. The van der Waals surface area contributed by atoms with Gasteiger partial charge in [-0.25, -0.2) is 4.72 Å². The topological polar surface area (TPSA) is 92.6 Å². The Balaban J connectivity index is 2.76. The lowest BCUT2D eigenvalue weighted by atomic mass is 9.80. The first-order valence-electron chi connectivity index (χ1n) is 4.36. The van der Waals surface area contributed by atoms with Gasteiger partial charge in [0.15, 0.2) is 0 Å². The van der Waals surface area contributed by atoms with Crippen LogP contribution in [0.15, 0.2) is 30.3 Å². The fourth-order valence-electron chi connectivity index (χ4n) is 1.26. The van der Waals surface area contributed by atoms with Crippen molar-refractivity contribution in [2.75, 3.05) is 0 Å². The molecule has 15 heavy (non-hydrogen) atoms. The molecule has 82 valence electrons. The van der Waals surface area contributed by atoms with Crippen molar-refractivity contribution in [1.82, 2.24) is 4.72 Å². The molecule has 1 aromatic carbocycles. The van der Waals surface area contributed by atoms with Crippen molar-refractivity contribution >= 4 is 18.4 Å². The van der Waals surface area contributed by atoms with Crippen molar-refractivity contribution in [1.29, 1.82) is 0 Å². The first kappa shape index (κ1) is 12.3. The second-order valence-electron chi connectivity index (χ2n) is 3.03. The molecule has 1 aromatic rings. The quantitative estimate of drug-likeness (QED) is 0.471. The largest absolute Gasteiger partial charge is 0.760 e. The van der Waals surface area contributed by atoms with Gasteiger partial charge in [-0.05, 0) is 5.56 Å². The normalized spacial score (nSPS) is 14.6. The van der Waals surface area contributed by atoms with Crippen LogP contribution in [-0.2, 0) is 11.3 Å². The highest BCUT2D eigenvalue weighted by molar-refractivity contribution is 7.77. The maximum atomic E-state index is 10.5. The van der Waals surface area contributed by atoms with Crippen LogP contribution in [0.5, 0.6) is 0 Å². The Morgan fingerprint density at radius 2 is 2.00 bits per heavy atom. The second-order valence-corrected chi connectivity index (χ2v) is 3.74. The molecular weight excluding hydrogens is 217 g/mol. The molecule has 0 heterocycles. The van der Waals surface area contributed by atoms with E-state index in [-0.39, 0.29) is 6.32 Å². The summed E-state index contributed by atoms with van der Waals surface area (Å²) in [4.78, 5) is 0. The Kier molecular flexibility index (Phi) is 4.93. The minimum atomic E-state index is -2.43. The molecule has 0 saturated carbocycles. The monoisotopic (exact) mass is 228 g/mol. The van der Waals surface area contributed by atoms with E-state index >= 15 is 0 Å². The first-order chi connectivity index (χ1) is 7.09. The maximum absolute atomic E-state index is 10.5. The number of nitrogens with one attached hydrogen (secondary N) is 1. The van der Waals surface area contributed by atoms with Gasteiger partial charge in [-0.2, -0.15) is 0 Å². The molecule has 0 aromatic heterocycles. The smallest absolute Gasteiger partial charge is 0.453 e. The molecule has 0 radical (unpaired) electrons. The van der Waals surface area contributed by atoms with E-state index in [2.05, 4.69) is 4.72 Å². The van der Waals surface area contributed by atoms with Gasteiger partial charge >= 0.3 is 7.12 Å². The first-order valence-corrected chi connectivity index (χ1v) is 5.43. The van der Waals surface area contributed by atoms with Crippen molar-refractivity contribution in [3.63, 3.8) is 0 Å². The molecule has 7 heteroatoms. The van der Waals surface area contributed by atoms with Crippen LogP contribution in [-0.4, -0.2) is 25.9 Å². The Hall–Kier alpha value is -0.725. The summed E-state index contributed by atoms with van der Waals surface area (Å²) >= 11 is -2.43. The van der Waals surface area contributed by atoms with Gasteiger partial charge in [0.25, 0.3) is 0 Å². The lowest BCUT2D eigenvalue weighted by Gasteiger charge is -2.19. The fraction of sp³-hybridized carbons (Fsp3) is 0.250. The summed E-state index contributed by atoms with van der Waals surface area (Å²) < 4.78 is 23.2. The number of hydrogen-bond donors (Lipinski definition) is 3. The molecule has 2 atom stereocenters. The van der Waals surface area contributed by atoms with E-state index in [0.29, 0.717) is 5.56 Å². The van der Waals surface area contributed by atoms with E-state index in [1.807, 2.05) is 0 Å². The van der Waals surface area contributed by atoms with Crippen molar-refractivity contribution in [2.24, 2.45) is 0 Å². The predicted molar refractivity (Wildman–Crippen MR) is 56.2 cm³/mol. The third kappa shape index (κ3) is 4.54. The molecule has 0 bridgehead atoms. The summed E-state index contributed by atoms with van der Waals surface area (Å²) in [5.41, 5.74) is 0.690. The maximum Gasteiger partial charge on any atom is 0.453 e. The van der Waals surface area contributed by atoms with Crippen LogP contribution in [0.25, 0.3) is 0 Å². The predicted octanol–water partition coefficient (Wildman–Crippen LogP) is -0.416. The Morgan fingerprint density at radius 1 is 1.40 bits per heavy atom. The van der Waals surface area contributed by atoms with Gasteiger partial charge in [-0.3, -0.25) is 4.21 Å². The summed E-state index contributed by atoms with van der Waals surface area (Å²) in [7, 11) is -1.55. The Labute approximate surface area is 90.7 Å². The van der Waals surface area contributed by atoms with Gasteiger partial charge in [-0.15, -0.1) is 0 Å². The zero-order valence-electron chi connectivity index (χ0n) is 7.87. The van der Waals surface area contributed by atoms with Gasteiger partial charge in [0.05, 0.1) is 0 Å². The molecule has 0 aliphatic heterocycles. The van der Waals surface area contributed by atoms with Crippen LogP contribution in [0.3, 0.4) is 0 Å². The zero-order valence-corrected chi connectivity index (χ0v) is 8.68. The summed E-state index contributed by atoms with van der Waals surface area (Å²) in [6, 6.07) is 8.11. The molecular formula is C8H11BNO4S-. The van der Waals surface area contributed by atoms with Gasteiger partial charge in [-0.1, -0.05) is 30.3 Å². The molecule has 0 spiro atoms. The van der Waals surface area contributed by atoms with Crippen LogP contribution in [0.4, 0.5) is 0 Å². The highest BCUT2D eigenvalue weighted by atomic mass is 32.2. The standard InChI is InChI=1S/C8H12BNO4S/c11-9(12)6-8(10-15(13)14)7-4-2-1-3-5-7/h1-5,8,10-12H,6H2,(H,13,14)/p-1. The fourth-order valence-corrected chi connectivity index (χ4v) is 1.73. The summed E-state index contributed by atoms with van der Waals surface area (Å²) in [6.07, 6.45) is -0.0853. The summed E-state index contributed by atoms with van der Waals surface area (Å²) in [6.45, 7) is 0. The molecule has 1 rings (SSSR count). The van der Waals surface area contributed by atoms with Crippen LogP contribution >= 0.6 is 0 Å². The number of rotatable bonds is 5. The molecule has 0 aliphatic rings. The molecule has 5 nitrogen and oxygen atoms in total. The average Bonchev–Trinajstić information content (AvgIpc) is 2.17. The van der Waals surface area contributed by atoms with Crippen LogP contribution < -0.4 is 4.72 Å². The highest BCUT2D eigenvalue weighted by Gasteiger charge is 2.18. The third-order valence-corrected chi connectivity index (χ3v) is 2.36. The Bertz CT molecular complexity index is 322. The summed E-state index contributed by atoms with van der Waals surface area (Å²) in [5.74, 6) is 0. The molecule has 0 aliphatic carbocycles. The van der Waals surface area contributed by atoms with Gasteiger partial charge in [0.1, 0.15) is 0 Å². The second kappa shape index (κ2) is 5.99. The van der Waals surface area contributed by atoms with E-state index < -0.39 is 24.4 Å². The van der Waals surface area contributed by atoms with E-state index in [0.717, 1.165) is 0 Å². The number of hydrogen-bond acceptors (Lipinski definition) is 4. The molecule has 2 unspecified atom stereocenters. The minimum absolute atomic E-state index is 0.0853. The molecule has 0 amide bonds. The van der Waals surface area contributed by atoms with Crippen molar-refractivity contribution in [3.8, 4) is 0 Å². The highest BCUT2D eigenvalue weighted by Crippen LogP contribution is 2.17. The third-order valence-electron chi connectivity index (χ3n) is 1.89. The zero-order chi connectivity index (χ0) is 11.3. The van der Waals surface area contributed by atoms with Gasteiger partial charge < -0.3 is 14.6 Å². The average molecular weight is 228 g/mol. The van der Waals surface area contributed by atoms with Gasteiger partial charge in [0, 0.05) is 23.6 Å². The van der Waals surface area contributed by atoms with Crippen molar-refractivity contribution in [3.05, 3.63) is 35.9 Å². The lowest BCUT2D eigenvalue weighted by molar-refractivity contribution is 0.395. The lowest BCUT2D eigenvalue weighted by Crippen LogP contribution is -2.28. The van der Waals surface area contributed by atoms with Crippen LogP contribution in [0.2, 0.25) is 6.32 Å². The molecule has 3 N–H and O–H groups in total. The van der Waals surface area contributed by atoms with Crippen molar-refractivity contribution < 1.29 is 18.8 Å². The van der Waals surface area contributed by atoms with E-state index in [4.69, 9.17) is 10.0 Å². The van der Waals surface area contributed by atoms with E-state index in [1.54, 1.807) is 30.3 Å². The van der Waals surface area contributed by atoms with E-state index in [9.17, 15) is 8.76 Å². The van der Waals surface area contributed by atoms with Gasteiger partial charge in [0.2, 0.25) is 0 Å². The van der Waals surface area contributed by atoms with E-state index in [1.165, 1.54) is 0 Å². The van der Waals surface area contributed by atoms with Crippen molar-refractivity contribution in [2.45, 2.75) is 12.4 Å². The molecule has 0 saturated heterocycles. The minimum Gasteiger partial charge on any atom is -0.760 e. The number of benzene rings is 1.